The van der Waals surface area contributed by atoms with Crippen molar-refractivity contribution in [3.63, 3.8) is 0 Å². The molecule has 0 aliphatic rings. The van der Waals surface area contributed by atoms with E-state index in [1.807, 2.05) is 0 Å². The molecule has 0 spiro atoms. The van der Waals surface area contributed by atoms with Crippen LogP contribution in [0.15, 0.2) is 134 Å². The minimum Gasteiger partial charge on any atom is -0.462 e. The van der Waals surface area contributed by atoms with Gasteiger partial charge in [-0.15, -0.1) is 0 Å². The van der Waals surface area contributed by atoms with Crippen molar-refractivity contribution in [3.8, 4) is 0 Å². The predicted octanol–water partition coefficient (Wildman–Crippen LogP) is 18.6. The van der Waals surface area contributed by atoms with Crippen LogP contribution < -0.4 is 0 Å². The molecule has 0 saturated carbocycles. The van der Waals surface area contributed by atoms with Crippen LogP contribution in [0.3, 0.4) is 0 Å². The van der Waals surface area contributed by atoms with Crippen LogP contribution in [0.2, 0.25) is 0 Å². The molecule has 0 aliphatic heterocycles. The quantitative estimate of drug-likeness (QED) is 0.0262. The summed E-state index contributed by atoms with van der Waals surface area (Å²) in [4.78, 5) is 38.1. The molecule has 0 unspecified atom stereocenters. The normalized spacial score (nSPS) is 13.1. The molecular weight excluding hydrogens is 853 g/mol. The zero-order valence-corrected chi connectivity index (χ0v) is 44.3. The van der Waals surface area contributed by atoms with E-state index < -0.39 is 6.10 Å². The Labute approximate surface area is 424 Å². The lowest BCUT2D eigenvalue weighted by Crippen LogP contribution is -2.30. The van der Waals surface area contributed by atoms with Gasteiger partial charge in [0, 0.05) is 19.3 Å². The van der Waals surface area contributed by atoms with E-state index in [2.05, 4.69) is 154 Å². The zero-order valence-electron chi connectivity index (χ0n) is 44.3. The number of hydrogen-bond donors (Lipinski definition) is 0. The minimum absolute atomic E-state index is 0.126. The molecule has 0 aliphatic carbocycles. The van der Waals surface area contributed by atoms with Crippen molar-refractivity contribution in [2.45, 2.75) is 232 Å². The minimum atomic E-state index is -0.838. The molecule has 0 aromatic carbocycles. The lowest BCUT2D eigenvalue weighted by molar-refractivity contribution is -0.167. The molecule has 0 heterocycles. The Morgan fingerprint density at radius 1 is 0.304 bits per heavy atom. The topological polar surface area (TPSA) is 78.9 Å². The summed E-state index contributed by atoms with van der Waals surface area (Å²) in [6.45, 7) is 6.36. The van der Waals surface area contributed by atoms with Gasteiger partial charge < -0.3 is 14.2 Å². The fourth-order valence-corrected chi connectivity index (χ4v) is 6.97. The van der Waals surface area contributed by atoms with Crippen molar-refractivity contribution in [3.05, 3.63) is 134 Å². The number of hydrogen-bond acceptors (Lipinski definition) is 6. The Kier molecular flexibility index (Phi) is 52.5. The number of unbranched alkanes of at least 4 members (excludes halogenated alkanes) is 15. The van der Waals surface area contributed by atoms with E-state index in [1.165, 1.54) is 77.0 Å². The fraction of sp³-hybridized carbons (Fsp3) is 0.603. The summed E-state index contributed by atoms with van der Waals surface area (Å²) >= 11 is 0. The van der Waals surface area contributed by atoms with Crippen molar-refractivity contribution in [1.82, 2.24) is 0 Å². The first-order valence-electron chi connectivity index (χ1n) is 27.7. The number of esters is 3. The second-order valence-electron chi connectivity index (χ2n) is 17.7. The van der Waals surface area contributed by atoms with E-state index in [1.54, 1.807) is 0 Å². The van der Waals surface area contributed by atoms with Gasteiger partial charge in [0.2, 0.25) is 0 Å². The Balaban J connectivity index is 4.60. The van der Waals surface area contributed by atoms with Gasteiger partial charge >= 0.3 is 17.9 Å². The van der Waals surface area contributed by atoms with E-state index in [0.717, 1.165) is 96.3 Å². The van der Waals surface area contributed by atoms with Gasteiger partial charge in [0.1, 0.15) is 13.2 Å². The van der Waals surface area contributed by atoms with E-state index in [4.69, 9.17) is 14.2 Å². The first kappa shape index (κ1) is 64.5. The van der Waals surface area contributed by atoms with Crippen molar-refractivity contribution < 1.29 is 28.6 Å². The summed E-state index contributed by atoms with van der Waals surface area (Å²) in [6.07, 6.45) is 78.7. The van der Waals surface area contributed by atoms with Crippen LogP contribution in [0.5, 0.6) is 0 Å². The van der Waals surface area contributed by atoms with Gasteiger partial charge in [0.25, 0.3) is 0 Å². The van der Waals surface area contributed by atoms with Crippen molar-refractivity contribution in [1.29, 1.82) is 0 Å². The Bertz CT molecular complexity index is 1510. The highest BCUT2D eigenvalue weighted by molar-refractivity contribution is 5.71. The van der Waals surface area contributed by atoms with Crippen LogP contribution in [-0.2, 0) is 28.6 Å². The molecule has 0 fully saturated rings. The van der Waals surface area contributed by atoms with E-state index in [-0.39, 0.29) is 44.0 Å². The van der Waals surface area contributed by atoms with Crippen molar-refractivity contribution >= 4 is 17.9 Å². The smallest absolute Gasteiger partial charge is 0.306 e. The van der Waals surface area contributed by atoms with Gasteiger partial charge in [-0.25, -0.2) is 0 Å². The second kappa shape index (κ2) is 56.1. The Morgan fingerprint density at radius 2 is 0.580 bits per heavy atom. The molecule has 6 heteroatoms. The zero-order chi connectivity index (χ0) is 50.0. The Hall–Kier alpha value is -4.45. The number of carbonyl (C=O) groups is 3. The van der Waals surface area contributed by atoms with Gasteiger partial charge in [0.05, 0.1) is 0 Å². The molecule has 1 atom stereocenters. The van der Waals surface area contributed by atoms with E-state index in [0.29, 0.717) is 19.3 Å². The van der Waals surface area contributed by atoms with Crippen LogP contribution in [0.25, 0.3) is 0 Å². The SMILES string of the molecule is CC/C=C\C/C=C\C/C=C\C/C=C\C/C=C\CCCC(=O)OC[C@H](COC(=O)CCCCCCCCC/C=C\C/C=C\CCCCC)OC(=O)CCC/C=C\C/C=C\C/C=C\C/C=C\CCCCC. The third-order valence-electron chi connectivity index (χ3n) is 11.1. The molecule has 6 nitrogen and oxygen atoms in total. The van der Waals surface area contributed by atoms with Crippen molar-refractivity contribution in [2.24, 2.45) is 0 Å². The number of ether oxygens (including phenoxy) is 3. The summed E-state index contributed by atoms with van der Waals surface area (Å²) < 4.78 is 16.7. The maximum absolute atomic E-state index is 12.8. The van der Waals surface area contributed by atoms with Crippen molar-refractivity contribution in [2.75, 3.05) is 13.2 Å². The summed E-state index contributed by atoms with van der Waals surface area (Å²) in [7, 11) is 0. The molecule has 0 aromatic heterocycles. The van der Waals surface area contributed by atoms with Crippen LogP contribution in [0.4, 0.5) is 0 Å². The summed E-state index contributed by atoms with van der Waals surface area (Å²) in [5, 5.41) is 0. The number of allylic oxidation sites excluding steroid dienone is 22. The molecule has 0 amide bonds. The highest BCUT2D eigenvalue weighted by Gasteiger charge is 2.19. The van der Waals surface area contributed by atoms with E-state index >= 15 is 0 Å². The van der Waals surface area contributed by atoms with Crippen LogP contribution in [-0.4, -0.2) is 37.2 Å². The molecule has 0 aromatic rings. The standard InChI is InChI=1S/C63H100O6/c1-4-7-10-13-16-19-22-25-28-31-34-37-40-43-46-49-52-55-61(64)67-58-60(69-63(66)57-54-51-48-45-42-39-36-33-30-27-24-21-18-15-12-9-6-3)59-68-62(65)56-53-50-47-44-41-38-35-32-29-26-23-20-17-14-11-8-5-2/h7,10,16-21,25-30,34,36-37,39,43,45-46,48,60H,4-6,8-9,11-15,22-24,31-33,35,38,40-42,44,47,49-59H2,1-3H3/b10-7-,19-16-,20-17-,21-18-,28-25-,29-26-,30-27-,37-34-,39-36-,46-43-,48-45-/t60-/m1/s1. The number of carbonyl (C=O) groups excluding carboxylic acids is 3. The lowest BCUT2D eigenvalue weighted by atomic mass is 10.1. The molecule has 0 N–H and O–H groups in total. The molecule has 0 saturated heterocycles. The average molecular weight is 953 g/mol. The van der Waals surface area contributed by atoms with Crippen LogP contribution in [0.1, 0.15) is 226 Å². The summed E-state index contributed by atoms with van der Waals surface area (Å²) in [6, 6.07) is 0. The van der Waals surface area contributed by atoms with Crippen LogP contribution >= 0.6 is 0 Å². The highest BCUT2D eigenvalue weighted by atomic mass is 16.6. The maximum Gasteiger partial charge on any atom is 0.306 e. The van der Waals surface area contributed by atoms with Gasteiger partial charge in [-0.1, -0.05) is 212 Å². The van der Waals surface area contributed by atoms with Gasteiger partial charge in [-0.05, 0) is 128 Å². The third kappa shape index (κ3) is 54.4. The summed E-state index contributed by atoms with van der Waals surface area (Å²) in [5.74, 6) is -1.06. The maximum atomic E-state index is 12.8. The first-order valence-corrected chi connectivity index (χ1v) is 27.7. The fourth-order valence-electron chi connectivity index (χ4n) is 6.97. The molecular formula is C63H100O6. The van der Waals surface area contributed by atoms with Gasteiger partial charge in [0.15, 0.2) is 6.10 Å². The second-order valence-corrected chi connectivity index (χ2v) is 17.7. The van der Waals surface area contributed by atoms with Gasteiger partial charge in [-0.2, -0.15) is 0 Å². The molecule has 0 rings (SSSR count). The average Bonchev–Trinajstić information content (AvgIpc) is 3.35. The third-order valence-corrected chi connectivity index (χ3v) is 11.1. The molecule has 69 heavy (non-hydrogen) atoms. The lowest BCUT2D eigenvalue weighted by Gasteiger charge is -2.18. The van der Waals surface area contributed by atoms with Crippen LogP contribution in [0, 0.1) is 0 Å². The molecule has 388 valence electrons. The van der Waals surface area contributed by atoms with Gasteiger partial charge in [-0.3, -0.25) is 14.4 Å². The monoisotopic (exact) mass is 953 g/mol. The highest BCUT2D eigenvalue weighted by Crippen LogP contribution is 2.12. The predicted molar refractivity (Wildman–Crippen MR) is 297 cm³/mol. The first-order chi connectivity index (χ1) is 34.0. The molecule has 0 bridgehead atoms. The molecule has 0 radical (unpaired) electrons. The number of rotatable bonds is 48. The largest absolute Gasteiger partial charge is 0.462 e. The van der Waals surface area contributed by atoms with E-state index in [9.17, 15) is 14.4 Å². The summed E-state index contributed by atoms with van der Waals surface area (Å²) in [5.41, 5.74) is 0. The Morgan fingerprint density at radius 3 is 0.942 bits per heavy atom.